The standard InChI is InChI=1S/C63H36O2S/c1-3-15-39(16-4-1)63(40-17-5-2-6-18-40)49-25-13-11-23-45(49)59-50(63)31-32-51-60(59)46-29-27-37(35-53(46)64-51)57-41-19-7-9-21-43(41)58(44-22-10-8-20-42(44)57)38-28-30-47-54(36-38)65-52-33-34-56-62(61(47)52)48-24-12-14-26-55(48)66-56/h1-36H. The predicted molar refractivity (Wildman–Crippen MR) is 277 cm³/mol. The normalized spacial score (nSPS) is 13.3. The van der Waals surface area contributed by atoms with E-state index in [2.05, 4.69) is 218 Å². The molecule has 3 heteroatoms. The Morgan fingerprint density at radius 3 is 1.42 bits per heavy atom. The van der Waals surface area contributed by atoms with Crippen LogP contribution in [0.3, 0.4) is 0 Å². The fourth-order valence-corrected chi connectivity index (χ4v) is 13.1. The summed E-state index contributed by atoms with van der Waals surface area (Å²) in [6.45, 7) is 0. The molecule has 0 bridgehead atoms. The molecular formula is C63H36O2S. The van der Waals surface area contributed by atoms with Gasteiger partial charge in [0, 0.05) is 41.7 Å². The van der Waals surface area contributed by atoms with Gasteiger partial charge in [-0.1, -0.05) is 170 Å². The SMILES string of the molecule is c1ccc(C2(c3ccccc3)c3ccccc3-c3c2ccc2oc4cc(-c5c6ccccc6c(-c6ccc7c(c6)oc6ccc8sc9ccccc9c8c67)c6ccccc56)ccc4c32)cc1. The van der Waals surface area contributed by atoms with Crippen LogP contribution in [0.2, 0.25) is 0 Å². The molecule has 0 saturated heterocycles. The van der Waals surface area contributed by atoms with Gasteiger partial charge in [0.1, 0.15) is 22.3 Å². The molecule has 3 aromatic heterocycles. The highest BCUT2D eigenvalue weighted by molar-refractivity contribution is 7.26. The van der Waals surface area contributed by atoms with E-state index in [1.165, 1.54) is 91.6 Å². The number of hydrogen-bond donors (Lipinski definition) is 0. The lowest BCUT2D eigenvalue weighted by Gasteiger charge is -2.33. The van der Waals surface area contributed by atoms with Gasteiger partial charge in [0.05, 0.1) is 5.41 Å². The van der Waals surface area contributed by atoms with E-state index in [1.807, 2.05) is 11.3 Å². The first-order chi connectivity index (χ1) is 32.7. The lowest BCUT2D eigenvalue weighted by molar-refractivity contribution is 0.668. The molecule has 306 valence electrons. The molecule has 0 fully saturated rings. The second-order valence-corrected chi connectivity index (χ2v) is 18.8. The summed E-state index contributed by atoms with van der Waals surface area (Å²) in [5.74, 6) is 0. The summed E-state index contributed by atoms with van der Waals surface area (Å²) >= 11 is 1.84. The average Bonchev–Trinajstić information content (AvgIpc) is 4.13. The molecule has 0 unspecified atom stereocenters. The number of rotatable bonds is 4. The second-order valence-electron chi connectivity index (χ2n) is 17.8. The molecule has 11 aromatic carbocycles. The van der Waals surface area contributed by atoms with Gasteiger partial charge >= 0.3 is 0 Å². The summed E-state index contributed by atoms with van der Waals surface area (Å²) in [6.07, 6.45) is 0. The third-order valence-corrected chi connectivity index (χ3v) is 15.7. The van der Waals surface area contributed by atoms with Crippen LogP contribution in [0.15, 0.2) is 227 Å². The quantitative estimate of drug-likeness (QED) is 0.165. The fourth-order valence-electron chi connectivity index (χ4n) is 11.9. The van der Waals surface area contributed by atoms with Crippen molar-refractivity contribution in [2.75, 3.05) is 0 Å². The van der Waals surface area contributed by atoms with Crippen LogP contribution >= 0.6 is 11.3 Å². The van der Waals surface area contributed by atoms with Crippen LogP contribution in [0.1, 0.15) is 22.3 Å². The highest BCUT2D eigenvalue weighted by Crippen LogP contribution is 2.59. The van der Waals surface area contributed by atoms with Crippen LogP contribution in [0.5, 0.6) is 0 Å². The third kappa shape index (κ3) is 4.74. The monoisotopic (exact) mass is 856 g/mol. The molecule has 0 radical (unpaired) electrons. The van der Waals surface area contributed by atoms with E-state index in [-0.39, 0.29) is 0 Å². The maximum Gasteiger partial charge on any atom is 0.136 e. The van der Waals surface area contributed by atoms with Gasteiger partial charge in [0.15, 0.2) is 0 Å². The lowest BCUT2D eigenvalue weighted by Crippen LogP contribution is -2.28. The topological polar surface area (TPSA) is 26.3 Å². The maximum atomic E-state index is 6.95. The molecule has 14 aromatic rings. The van der Waals surface area contributed by atoms with E-state index in [4.69, 9.17) is 8.83 Å². The predicted octanol–water partition coefficient (Wildman–Crippen LogP) is 17.9. The number of thiophene rings is 1. The number of hydrogen-bond acceptors (Lipinski definition) is 3. The van der Waals surface area contributed by atoms with Crippen LogP contribution < -0.4 is 0 Å². The Kier molecular flexibility index (Phi) is 7.34. The Bertz CT molecular complexity index is 4240. The molecule has 15 rings (SSSR count). The smallest absolute Gasteiger partial charge is 0.136 e. The summed E-state index contributed by atoms with van der Waals surface area (Å²) in [7, 11) is 0. The van der Waals surface area contributed by atoms with Crippen molar-refractivity contribution in [3.63, 3.8) is 0 Å². The zero-order valence-corrected chi connectivity index (χ0v) is 36.3. The van der Waals surface area contributed by atoms with Gasteiger partial charge in [-0.3, -0.25) is 0 Å². The molecular weight excluding hydrogens is 821 g/mol. The highest BCUT2D eigenvalue weighted by atomic mass is 32.1. The van der Waals surface area contributed by atoms with E-state index in [1.54, 1.807) is 0 Å². The van der Waals surface area contributed by atoms with Crippen LogP contribution in [-0.4, -0.2) is 0 Å². The van der Waals surface area contributed by atoms with Crippen molar-refractivity contribution < 1.29 is 8.83 Å². The van der Waals surface area contributed by atoms with Gasteiger partial charge in [0.25, 0.3) is 0 Å². The summed E-state index contributed by atoms with van der Waals surface area (Å²) < 4.78 is 16.3. The average molecular weight is 857 g/mol. The van der Waals surface area contributed by atoms with Crippen LogP contribution in [0.4, 0.5) is 0 Å². The minimum absolute atomic E-state index is 0.480. The summed E-state index contributed by atoms with van der Waals surface area (Å²) in [6, 6.07) is 80.0. The van der Waals surface area contributed by atoms with Gasteiger partial charge in [-0.05, 0) is 126 Å². The summed E-state index contributed by atoms with van der Waals surface area (Å²) in [5, 5.41) is 12.0. The molecule has 0 saturated carbocycles. The summed E-state index contributed by atoms with van der Waals surface area (Å²) in [5.41, 5.74) is 15.4. The molecule has 66 heavy (non-hydrogen) atoms. The Morgan fingerprint density at radius 2 is 0.803 bits per heavy atom. The van der Waals surface area contributed by atoms with Gasteiger partial charge < -0.3 is 8.83 Å². The number of furan rings is 2. The first-order valence-corrected chi connectivity index (χ1v) is 23.5. The Morgan fingerprint density at radius 1 is 0.303 bits per heavy atom. The first kappa shape index (κ1) is 36.1. The molecule has 0 N–H and O–H groups in total. The number of benzene rings is 11. The Labute approximate surface area is 383 Å². The minimum Gasteiger partial charge on any atom is -0.456 e. The van der Waals surface area contributed by atoms with Gasteiger partial charge in [0.2, 0.25) is 0 Å². The zero-order chi connectivity index (χ0) is 43.1. The first-order valence-electron chi connectivity index (χ1n) is 22.7. The molecule has 0 spiro atoms. The minimum atomic E-state index is -0.480. The Balaban J connectivity index is 0.938. The van der Waals surface area contributed by atoms with Gasteiger partial charge in [-0.2, -0.15) is 0 Å². The van der Waals surface area contributed by atoms with Crippen LogP contribution in [0, 0.1) is 0 Å². The van der Waals surface area contributed by atoms with Crippen LogP contribution in [0.25, 0.3) is 119 Å². The lowest BCUT2D eigenvalue weighted by atomic mass is 9.67. The van der Waals surface area contributed by atoms with Crippen molar-refractivity contribution in [3.8, 4) is 33.4 Å². The van der Waals surface area contributed by atoms with E-state index in [0.717, 1.165) is 49.6 Å². The molecule has 0 amide bonds. The molecule has 2 nitrogen and oxygen atoms in total. The third-order valence-electron chi connectivity index (χ3n) is 14.5. The molecule has 1 aliphatic carbocycles. The van der Waals surface area contributed by atoms with Crippen molar-refractivity contribution in [3.05, 3.63) is 241 Å². The highest BCUT2D eigenvalue weighted by Gasteiger charge is 2.47. The summed E-state index contributed by atoms with van der Waals surface area (Å²) in [4.78, 5) is 0. The van der Waals surface area contributed by atoms with E-state index in [9.17, 15) is 0 Å². The Hall–Kier alpha value is -8.24. The van der Waals surface area contributed by atoms with E-state index in [0.29, 0.717) is 0 Å². The van der Waals surface area contributed by atoms with E-state index >= 15 is 0 Å². The molecule has 0 aliphatic heterocycles. The zero-order valence-electron chi connectivity index (χ0n) is 35.5. The van der Waals surface area contributed by atoms with Crippen molar-refractivity contribution in [1.29, 1.82) is 0 Å². The van der Waals surface area contributed by atoms with Crippen molar-refractivity contribution in [1.82, 2.24) is 0 Å². The van der Waals surface area contributed by atoms with Crippen molar-refractivity contribution >= 4 is 96.9 Å². The van der Waals surface area contributed by atoms with Gasteiger partial charge in [-0.15, -0.1) is 11.3 Å². The van der Waals surface area contributed by atoms with E-state index < -0.39 is 5.41 Å². The number of fused-ring (bicyclic) bond motifs is 16. The molecule has 1 aliphatic rings. The molecule has 0 atom stereocenters. The fraction of sp³-hybridized carbons (Fsp3) is 0.0159. The molecule has 3 heterocycles. The second kappa shape index (κ2) is 13.4. The van der Waals surface area contributed by atoms with Crippen LogP contribution in [-0.2, 0) is 5.41 Å². The maximum absolute atomic E-state index is 6.95. The van der Waals surface area contributed by atoms with Crippen molar-refractivity contribution in [2.24, 2.45) is 0 Å². The largest absolute Gasteiger partial charge is 0.456 e. The van der Waals surface area contributed by atoms with Gasteiger partial charge in [-0.25, -0.2) is 0 Å². The van der Waals surface area contributed by atoms with Crippen molar-refractivity contribution in [2.45, 2.75) is 5.41 Å².